The molecule has 2 aliphatic carbocycles. The number of benzene rings is 1. The highest BCUT2D eigenvalue weighted by atomic mass is 19.1. The van der Waals surface area contributed by atoms with Crippen molar-refractivity contribution in [3.63, 3.8) is 0 Å². The van der Waals surface area contributed by atoms with Crippen molar-refractivity contribution in [2.45, 2.75) is 33.1 Å². The Morgan fingerprint density at radius 3 is 2.65 bits per heavy atom. The highest BCUT2D eigenvalue weighted by Crippen LogP contribution is 2.77. The molecular formula is C20H23FN2O3. The molecule has 4 unspecified atom stereocenters. The average molecular weight is 358 g/mol. The third-order valence-corrected chi connectivity index (χ3v) is 6.70. The molecule has 2 fully saturated rings. The van der Waals surface area contributed by atoms with Gasteiger partial charge in [0.2, 0.25) is 0 Å². The summed E-state index contributed by atoms with van der Waals surface area (Å²) >= 11 is 0. The number of aliphatic carboxylic acids is 1. The number of carbonyl (C=O) groups is 2. The van der Waals surface area contributed by atoms with E-state index in [1.54, 1.807) is 26.0 Å². The minimum Gasteiger partial charge on any atom is -0.481 e. The largest absolute Gasteiger partial charge is 0.481 e. The van der Waals surface area contributed by atoms with Gasteiger partial charge in [-0.3, -0.25) is 9.59 Å². The molecule has 5 atom stereocenters. The van der Waals surface area contributed by atoms with Crippen LogP contribution in [0.15, 0.2) is 18.2 Å². The molecule has 3 N–H and O–H groups in total. The molecule has 0 aliphatic heterocycles. The molecule has 3 rings (SSSR count). The zero-order valence-electron chi connectivity index (χ0n) is 15.0. The number of fused-ring (bicyclic) bond motifs is 1. The monoisotopic (exact) mass is 358 g/mol. The fourth-order valence-electron chi connectivity index (χ4n) is 5.42. The molecule has 0 aromatic heterocycles. The molecule has 5 nitrogen and oxygen atoms in total. The number of rotatable bonds is 6. The van der Waals surface area contributed by atoms with Gasteiger partial charge >= 0.3 is 5.97 Å². The highest BCUT2D eigenvalue weighted by molar-refractivity contribution is 5.94. The van der Waals surface area contributed by atoms with Crippen molar-refractivity contribution in [2.24, 2.45) is 34.3 Å². The van der Waals surface area contributed by atoms with Crippen LogP contribution in [0, 0.1) is 52.7 Å². The van der Waals surface area contributed by atoms with E-state index < -0.39 is 22.7 Å². The first kappa shape index (κ1) is 18.5. The number of ketones is 1. The van der Waals surface area contributed by atoms with Crippen molar-refractivity contribution in [2.75, 3.05) is 6.54 Å². The van der Waals surface area contributed by atoms with Crippen LogP contribution < -0.4 is 5.73 Å². The van der Waals surface area contributed by atoms with E-state index in [0.29, 0.717) is 24.8 Å². The summed E-state index contributed by atoms with van der Waals surface area (Å²) in [5.41, 5.74) is 4.57. The van der Waals surface area contributed by atoms with Gasteiger partial charge in [-0.2, -0.15) is 5.26 Å². The number of carboxylic acid groups (broad SMARTS) is 1. The van der Waals surface area contributed by atoms with Crippen LogP contribution in [0.1, 0.15) is 30.9 Å². The third kappa shape index (κ3) is 2.23. The van der Waals surface area contributed by atoms with Crippen molar-refractivity contribution in [1.82, 2.24) is 0 Å². The number of carbonyl (C=O) groups excluding carboxylic acids is 1. The molecule has 26 heavy (non-hydrogen) atoms. The summed E-state index contributed by atoms with van der Waals surface area (Å²) in [5.74, 6) is -2.61. The lowest BCUT2D eigenvalue weighted by atomic mass is 9.65. The van der Waals surface area contributed by atoms with Gasteiger partial charge in [0.1, 0.15) is 11.2 Å². The summed E-state index contributed by atoms with van der Waals surface area (Å²) in [4.78, 5) is 24.6. The topological polar surface area (TPSA) is 104 Å². The number of hydrogen-bond acceptors (Lipinski definition) is 4. The highest BCUT2D eigenvalue weighted by Gasteiger charge is 2.82. The normalized spacial score (nSPS) is 34.8. The van der Waals surface area contributed by atoms with Crippen molar-refractivity contribution in [3.05, 3.63) is 35.1 Å². The van der Waals surface area contributed by atoms with Crippen LogP contribution in [0.3, 0.4) is 0 Å². The molecule has 2 aliphatic rings. The van der Waals surface area contributed by atoms with E-state index in [-0.39, 0.29) is 30.0 Å². The van der Waals surface area contributed by atoms with Crippen LogP contribution in [0.5, 0.6) is 0 Å². The fraction of sp³-hybridized carbons (Fsp3) is 0.550. The van der Waals surface area contributed by atoms with Crippen LogP contribution in [-0.4, -0.2) is 23.4 Å². The Bertz CT molecular complexity index is 818. The maximum atomic E-state index is 13.5. The van der Waals surface area contributed by atoms with Crippen LogP contribution in [0.4, 0.5) is 4.39 Å². The van der Waals surface area contributed by atoms with Gasteiger partial charge in [0.25, 0.3) is 0 Å². The zero-order chi connectivity index (χ0) is 19.3. The Hall–Kier alpha value is -2.26. The third-order valence-electron chi connectivity index (χ3n) is 6.70. The second kappa shape index (κ2) is 6.17. The maximum Gasteiger partial charge on any atom is 0.310 e. The van der Waals surface area contributed by atoms with Gasteiger partial charge in [-0.05, 0) is 55.2 Å². The number of nitrogens with zero attached hydrogens (tertiary/aromatic N) is 1. The minimum absolute atomic E-state index is 0.188. The van der Waals surface area contributed by atoms with E-state index in [1.807, 2.05) is 0 Å². The molecule has 1 aromatic rings. The van der Waals surface area contributed by atoms with E-state index in [1.165, 1.54) is 6.07 Å². The smallest absolute Gasteiger partial charge is 0.310 e. The van der Waals surface area contributed by atoms with E-state index in [9.17, 15) is 24.3 Å². The first-order valence-corrected chi connectivity index (χ1v) is 8.92. The van der Waals surface area contributed by atoms with Gasteiger partial charge < -0.3 is 10.8 Å². The first-order valence-electron chi connectivity index (χ1n) is 8.92. The molecule has 2 saturated carbocycles. The van der Waals surface area contributed by atoms with Crippen LogP contribution in [-0.2, 0) is 16.0 Å². The van der Waals surface area contributed by atoms with Gasteiger partial charge in [-0.1, -0.05) is 19.1 Å². The van der Waals surface area contributed by atoms with Gasteiger partial charge in [-0.15, -0.1) is 0 Å². The Morgan fingerprint density at radius 2 is 2.15 bits per heavy atom. The fourth-order valence-corrected chi connectivity index (χ4v) is 5.42. The van der Waals surface area contributed by atoms with Gasteiger partial charge in [0.05, 0.1) is 18.0 Å². The number of nitriles is 1. The number of Topliss-reactive ketones (excluding diaryl/α,β-unsaturated/α-hetero) is 1. The van der Waals surface area contributed by atoms with E-state index in [4.69, 9.17) is 5.73 Å². The molecule has 0 saturated heterocycles. The summed E-state index contributed by atoms with van der Waals surface area (Å²) in [6, 6.07) is 6.95. The van der Waals surface area contributed by atoms with Gasteiger partial charge in [-0.25, -0.2) is 4.39 Å². The second-order valence-electron chi connectivity index (χ2n) is 7.61. The summed E-state index contributed by atoms with van der Waals surface area (Å²) in [7, 11) is 0. The van der Waals surface area contributed by atoms with Gasteiger partial charge in [0, 0.05) is 5.92 Å². The maximum absolute atomic E-state index is 13.5. The molecule has 0 bridgehead atoms. The number of halogens is 1. The Kier molecular flexibility index (Phi) is 4.40. The lowest BCUT2D eigenvalue weighted by molar-refractivity contribution is -0.146. The van der Waals surface area contributed by atoms with Crippen molar-refractivity contribution >= 4 is 11.8 Å². The predicted octanol–water partition coefficient (Wildman–Crippen LogP) is 2.46. The standard InChI is InChI=1S/C20H23FN2O3/c1-3-19(18(25)26)14-8-13(7-12-4-5-15(21)11(2)6-12)20(10-23,17(14)19)16(24)9-22/h4-6,13-14,17H,3,7-9,22H2,1-2H3,(H,25,26)/t13?,14?,17?,19-,20?/m0/s1. The molecular weight excluding hydrogens is 335 g/mol. The van der Waals surface area contributed by atoms with Crippen LogP contribution >= 0.6 is 0 Å². The average Bonchev–Trinajstić information content (AvgIpc) is 3.16. The molecule has 0 heterocycles. The van der Waals surface area contributed by atoms with Crippen molar-refractivity contribution < 1.29 is 19.1 Å². The Morgan fingerprint density at radius 1 is 1.46 bits per heavy atom. The van der Waals surface area contributed by atoms with Crippen molar-refractivity contribution in [1.29, 1.82) is 5.26 Å². The summed E-state index contributed by atoms with van der Waals surface area (Å²) in [6.45, 7) is 3.18. The van der Waals surface area contributed by atoms with Crippen molar-refractivity contribution in [3.8, 4) is 6.07 Å². The van der Waals surface area contributed by atoms with E-state index in [0.717, 1.165) is 5.56 Å². The molecule has 0 spiro atoms. The second-order valence-corrected chi connectivity index (χ2v) is 7.61. The lowest BCUT2D eigenvalue weighted by Gasteiger charge is -2.33. The summed E-state index contributed by atoms with van der Waals surface area (Å²) in [5, 5.41) is 19.7. The number of carboxylic acids is 1. The minimum atomic E-state index is -1.38. The number of hydrogen-bond donors (Lipinski definition) is 2. The first-order chi connectivity index (χ1) is 12.3. The molecule has 0 radical (unpaired) electrons. The summed E-state index contributed by atoms with van der Waals surface area (Å²) in [6.07, 6.45) is 1.33. The Labute approximate surface area is 152 Å². The predicted molar refractivity (Wildman–Crippen MR) is 92.4 cm³/mol. The molecule has 1 aromatic carbocycles. The Balaban J connectivity index is 2.00. The number of nitrogens with two attached hydrogens (primary N) is 1. The lowest BCUT2D eigenvalue weighted by Crippen LogP contribution is -2.45. The molecule has 6 heteroatoms. The van der Waals surface area contributed by atoms with Crippen LogP contribution in [0.25, 0.3) is 0 Å². The van der Waals surface area contributed by atoms with E-state index in [2.05, 4.69) is 6.07 Å². The molecule has 0 amide bonds. The zero-order valence-corrected chi connectivity index (χ0v) is 15.0. The van der Waals surface area contributed by atoms with Crippen LogP contribution in [0.2, 0.25) is 0 Å². The van der Waals surface area contributed by atoms with Gasteiger partial charge in [0.15, 0.2) is 5.78 Å². The summed E-state index contributed by atoms with van der Waals surface area (Å²) < 4.78 is 13.5. The number of aryl methyl sites for hydroxylation is 1. The molecule has 138 valence electrons. The SMILES string of the molecule is CC[C@]1(C(=O)O)C2CC(Cc3ccc(F)c(C)c3)C(C#N)(C(=O)CN)C21. The van der Waals surface area contributed by atoms with E-state index >= 15 is 0 Å². The quantitative estimate of drug-likeness (QED) is 0.813.